The Morgan fingerprint density at radius 1 is 1.24 bits per heavy atom. The Hall–Kier alpha value is -2.55. The molecule has 0 aliphatic heterocycles. The lowest BCUT2D eigenvalue weighted by Crippen LogP contribution is -2.48. The number of methoxy groups -OCH3 is 1. The van der Waals surface area contributed by atoms with Gasteiger partial charge in [0.15, 0.2) is 5.78 Å². The van der Waals surface area contributed by atoms with E-state index in [0.717, 1.165) is 23.3 Å². The van der Waals surface area contributed by atoms with Crippen LogP contribution in [0.15, 0.2) is 60.7 Å². The van der Waals surface area contributed by atoms with Crippen molar-refractivity contribution >= 4 is 5.78 Å². The molecule has 3 rings (SSSR count). The van der Waals surface area contributed by atoms with E-state index < -0.39 is 0 Å². The average molecular weight is 336 g/mol. The summed E-state index contributed by atoms with van der Waals surface area (Å²) in [4.78, 5) is 13.1. The monoisotopic (exact) mass is 336 g/mol. The fourth-order valence-corrected chi connectivity index (χ4v) is 3.99. The molecular formula is C22H24O3. The fraction of sp³-hybridized carbons (Fsp3) is 0.318. The van der Waals surface area contributed by atoms with Crippen LogP contribution in [-0.4, -0.2) is 18.0 Å². The number of para-hydroxylation sites is 1. The summed E-state index contributed by atoms with van der Waals surface area (Å²) in [5, 5.41) is 10.1. The first kappa shape index (κ1) is 17.3. The molecule has 1 aliphatic carbocycles. The second kappa shape index (κ2) is 6.40. The number of aromatic hydroxyl groups is 1. The molecule has 2 aromatic carbocycles. The van der Waals surface area contributed by atoms with Gasteiger partial charge in [0.1, 0.15) is 11.5 Å². The number of phenols is 1. The van der Waals surface area contributed by atoms with Gasteiger partial charge >= 0.3 is 0 Å². The Balaban J connectivity index is 2.01. The fourth-order valence-electron chi connectivity index (χ4n) is 3.99. The quantitative estimate of drug-likeness (QED) is 0.619. The number of phenolic OH excluding ortho intramolecular Hbond substituents is 1. The van der Waals surface area contributed by atoms with E-state index in [2.05, 4.69) is 13.5 Å². The summed E-state index contributed by atoms with van der Waals surface area (Å²) in [6, 6.07) is 14.7. The first-order valence-electron chi connectivity index (χ1n) is 8.50. The summed E-state index contributed by atoms with van der Waals surface area (Å²) in [7, 11) is 1.64. The Bertz CT molecular complexity index is 824. The molecule has 1 fully saturated rings. The van der Waals surface area contributed by atoms with Gasteiger partial charge in [0, 0.05) is 11.8 Å². The van der Waals surface area contributed by atoms with Crippen molar-refractivity contribution in [3.05, 3.63) is 71.8 Å². The standard InChI is InChI=1S/C22H24O3/c1-14(2)22(3)13-18(21(24)17-10-5-6-11-19(17)23)20(22)15-8-7-9-16(12-15)25-4/h5-12,18,20,23H,1,13H2,2-4H3/t18-,20+,22-/m1/s1. The normalized spacial score (nSPS) is 25.1. The molecule has 0 amide bonds. The summed E-state index contributed by atoms with van der Waals surface area (Å²) in [6.07, 6.45) is 0.734. The van der Waals surface area contributed by atoms with E-state index in [4.69, 9.17) is 4.74 Å². The van der Waals surface area contributed by atoms with E-state index >= 15 is 0 Å². The van der Waals surface area contributed by atoms with Crippen molar-refractivity contribution < 1.29 is 14.6 Å². The zero-order valence-electron chi connectivity index (χ0n) is 15.0. The van der Waals surface area contributed by atoms with E-state index in [1.54, 1.807) is 31.4 Å². The van der Waals surface area contributed by atoms with Crippen LogP contribution in [0, 0.1) is 11.3 Å². The molecule has 0 spiro atoms. The Labute approximate surface area is 149 Å². The minimum Gasteiger partial charge on any atom is -0.507 e. The second-order valence-electron chi connectivity index (χ2n) is 7.14. The largest absolute Gasteiger partial charge is 0.507 e. The summed E-state index contributed by atoms with van der Waals surface area (Å²) in [6.45, 7) is 8.34. The number of carbonyl (C=O) groups excluding carboxylic acids is 1. The molecule has 0 heterocycles. The van der Waals surface area contributed by atoms with Crippen molar-refractivity contribution in [3.63, 3.8) is 0 Å². The first-order valence-corrected chi connectivity index (χ1v) is 8.50. The molecular weight excluding hydrogens is 312 g/mol. The number of ether oxygens (including phenoxy) is 1. The van der Waals surface area contributed by atoms with Gasteiger partial charge in [-0.3, -0.25) is 4.79 Å². The number of allylic oxidation sites excluding steroid dienone is 1. The summed E-state index contributed by atoms with van der Waals surface area (Å²) < 4.78 is 5.35. The lowest BCUT2D eigenvalue weighted by molar-refractivity contribution is 0.0477. The molecule has 3 atom stereocenters. The van der Waals surface area contributed by atoms with Crippen molar-refractivity contribution in [3.8, 4) is 11.5 Å². The van der Waals surface area contributed by atoms with Gasteiger partial charge in [0.25, 0.3) is 0 Å². The van der Waals surface area contributed by atoms with E-state index in [1.807, 2.05) is 31.2 Å². The van der Waals surface area contributed by atoms with E-state index in [9.17, 15) is 9.90 Å². The molecule has 1 aliphatic rings. The van der Waals surface area contributed by atoms with E-state index in [1.165, 1.54) is 0 Å². The van der Waals surface area contributed by atoms with Crippen molar-refractivity contribution in [2.45, 2.75) is 26.2 Å². The lowest BCUT2D eigenvalue weighted by Gasteiger charge is -2.54. The minimum atomic E-state index is -0.179. The van der Waals surface area contributed by atoms with Gasteiger partial charge in [-0.1, -0.05) is 43.3 Å². The number of ketones is 1. The third-order valence-corrected chi connectivity index (χ3v) is 5.67. The topological polar surface area (TPSA) is 46.5 Å². The highest BCUT2D eigenvalue weighted by molar-refractivity contribution is 6.01. The Morgan fingerprint density at radius 2 is 1.96 bits per heavy atom. The number of hydrogen-bond acceptors (Lipinski definition) is 3. The predicted molar refractivity (Wildman–Crippen MR) is 99.2 cm³/mol. The third-order valence-electron chi connectivity index (χ3n) is 5.67. The number of rotatable bonds is 5. The lowest BCUT2D eigenvalue weighted by atomic mass is 9.49. The number of Topliss-reactive ketones (excluding diaryl/α,β-unsaturated/α-hetero) is 1. The molecule has 0 aromatic heterocycles. The van der Waals surface area contributed by atoms with Crippen LogP contribution in [0.25, 0.3) is 0 Å². The van der Waals surface area contributed by atoms with Crippen molar-refractivity contribution in [1.29, 1.82) is 0 Å². The van der Waals surface area contributed by atoms with Gasteiger partial charge in [-0.25, -0.2) is 0 Å². The summed E-state index contributed by atoms with van der Waals surface area (Å²) in [5.41, 5.74) is 2.40. The highest BCUT2D eigenvalue weighted by Gasteiger charge is 2.54. The maximum atomic E-state index is 13.1. The molecule has 1 N–H and O–H groups in total. The maximum absolute atomic E-state index is 13.1. The molecule has 130 valence electrons. The number of hydrogen-bond donors (Lipinski definition) is 1. The van der Waals surface area contributed by atoms with Gasteiger partial charge in [-0.15, -0.1) is 0 Å². The summed E-state index contributed by atoms with van der Waals surface area (Å²) >= 11 is 0. The highest BCUT2D eigenvalue weighted by atomic mass is 16.5. The maximum Gasteiger partial charge on any atom is 0.170 e. The number of carbonyl (C=O) groups is 1. The first-order chi connectivity index (χ1) is 11.9. The second-order valence-corrected chi connectivity index (χ2v) is 7.14. The zero-order valence-corrected chi connectivity index (χ0v) is 15.0. The van der Waals surface area contributed by atoms with Crippen LogP contribution in [0.3, 0.4) is 0 Å². The van der Waals surface area contributed by atoms with Crippen molar-refractivity contribution in [2.24, 2.45) is 11.3 Å². The van der Waals surface area contributed by atoms with Crippen LogP contribution < -0.4 is 4.74 Å². The van der Waals surface area contributed by atoms with Crippen LogP contribution in [0.1, 0.15) is 42.1 Å². The van der Waals surface area contributed by atoms with Gasteiger partial charge in [-0.05, 0) is 48.6 Å². The highest BCUT2D eigenvalue weighted by Crippen LogP contribution is 2.61. The van der Waals surface area contributed by atoms with Crippen LogP contribution in [0.5, 0.6) is 11.5 Å². The Kier molecular flexibility index (Phi) is 4.42. The van der Waals surface area contributed by atoms with Gasteiger partial charge < -0.3 is 9.84 Å². The minimum absolute atomic E-state index is 0.00959. The molecule has 0 radical (unpaired) electrons. The molecule has 0 unspecified atom stereocenters. The van der Waals surface area contributed by atoms with Gasteiger partial charge in [-0.2, -0.15) is 0 Å². The average Bonchev–Trinajstić information content (AvgIpc) is 2.59. The Morgan fingerprint density at radius 3 is 2.60 bits per heavy atom. The zero-order chi connectivity index (χ0) is 18.2. The predicted octanol–water partition coefficient (Wildman–Crippen LogP) is 4.97. The van der Waals surface area contributed by atoms with E-state index in [-0.39, 0.29) is 28.8 Å². The smallest absolute Gasteiger partial charge is 0.170 e. The van der Waals surface area contributed by atoms with Crippen LogP contribution in [0.4, 0.5) is 0 Å². The van der Waals surface area contributed by atoms with Crippen LogP contribution in [0.2, 0.25) is 0 Å². The van der Waals surface area contributed by atoms with Crippen LogP contribution in [-0.2, 0) is 0 Å². The van der Waals surface area contributed by atoms with Crippen LogP contribution >= 0.6 is 0 Å². The van der Waals surface area contributed by atoms with Gasteiger partial charge in [0.2, 0.25) is 0 Å². The number of benzene rings is 2. The molecule has 0 saturated heterocycles. The van der Waals surface area contributed by atoms with Gasteiger partial charge in [0.05, 0.1) is 12.7 Å². The molecule has 3 nitrogen and oxygen atoms in total. The molecule has 2 aromatic rings. The molecule has 3 heteroatoms. The summed E-state index contributed by atoms with van der Waals surface area (Å²) in [5.74, 6) is 0.655. The molecule has 1 saturated carbocycles. The molecule has 25 heavy (non-hydrogen) atoms. The third kappa shape index (κ3) is 2.84. The SMILES string of the molecule is C=C(C)[C@@]1(C)C[C@@H](C(=O)c2ccccc2O)[C@@H]1c1cccc(OC)c1. The van der Waals surface area contributed by atoms with Crippen molar-refractivity contribution in [2.75, 3.05) is 7.11 Å². The van der Waals surface area contributed by atoms with Crippen molar-refractivity contribution in [1.82, 2.24) is 0 Å². The molecule has 0 bridgehead atoms. The van der Waals surface area contributed by atoms with E-state index in [0.29, 0.717) is 5.56 Å².